The van der Waals surface area contributed by atoms with Crippen molar-refractivity contribution in [2.24, 2.45) is 5.92 Å². The standard InChI is InChI=1S/C18H21NO/c1-14-11-18(14)19-12-15-7-9-17(10-8-15)20-13-16-5-3-2-4-6-16/h2-10,14,18-19H,11-13H2,1H3. The molecule has 1 aliphatic rings. The van der Waals surface area contributed by atoms with E-state index >= 15 is 0 Å². The third-order valence-electron chi connectivity index (χ3n) is 3.85. The van der Waals surface area contributed by atoms with Gasteiger partial charge in [-0.3, -0.25) is 0 Å². The Labute approximate surface area is 120 Å². The Kier molecular flexibility index (Phi) is 4.03. The minimum Gasteiger partial charge on any atom is -0.489 e. The molecule has 1 aliphatic carbocycles. The van der Waals surface area contributed by atoms with Crippen molar-refractivity contribution in [2.75, 3.05) is 0 Å². The van der Waals surface area contributed by atoms with Crippen LogP contribution in [0.4, 0.5) is 0 Å². The fourth-order valence-corrected chi connectivity index (χ4v) is 2.30. The molecule has 0 aliphatic heterocycles. The first-order valence-corrected chi connectivity index (χ1v) is 7.30. The van der Waals surface area contributed by atoms with Crippen molar-refractivity contribution in [1.29, 1.82) is 0 Å². The van der Waals surface area contributed by atoms with Gasteiger partial charge in [0.15, 0.2) is 0 Å². The third kappa shape index (κ3) is 3.61. The molecule has 0 radical (unpaired) electrons. The summed E-state index contributed by atoms with van der Waals surface area (Å²) in [6, 6.07) is 19.4. The van der Waals surface area contributed by atoms with Gasteiger partial charge in [-0.25, -0.2) is 0 Å². The van der Waals surface area contributed by atoms with Crippen molar-refractivity contribution in [1.82, 2.24) is 5.32 Å². The largest absolute Gasteiger partial charge is 0.489 e. The van der Waals surface area contributed by atoms with Crippen LogP contribution < -0.4 is 10.1 Å². The molecular weight excluding hydrogens is 246 g/mol. The molecule has 0 aromatic heterocycles. The van der Waals surface area contributed by atoms with Crippen LogP contribution in [0.2, 0.25) is 0 Å². The van der Waals surface area contributed by atoms with Crippen LogP contribution in [0, 0.1) is 5.92 Å². The topological polar surface area (TPSA) is 21.3 Å². The second-order valence-electron chi connectivity index (χ2n) is 5.62. The van der Waals surface area contributed by atoms with Gasteiger partial charge in [0.25, 0.3) is 0 Å². The molecule has 3 rings (SSSR count). The number of rotatable bonds is 6. The van der Waals surface area contributed by atoms with Crippen molar-refractivity contribution < 1.29 is 4.74 Å². The molecule has 0 spiro atoms. The summed E-state index contributed by atoms with van der Waals surface area (Å²) in [5.74, 6) is 1.78. The highest BCUT2D eigenvalue weighted by atomic mass is 16.5. The summed E-state index contributed by atoms with van der Waals surface area (Å²) in [5.41, 5.74) is 2.51. The molecule has 1 N–H and O–H groups in total. The smallest absolute Gasteiger partial charge is 0.119 e. The molecule has 0 saturated heterocycles. The summed E-state index contributed by atoms with van der Waals surface area (Å²) in [5, 5.41) is 3.56. The van der Waals surface area contributed by atoms with Crippen LogP contribution in [0.1, 0.15) is 24.5 Å². The minimum absolute atomic E-state index is 0.623. The molecule has 2 aromatic carbocycles. The van der Waals surface area contributed by atoms with E-state index in [4.69, 9.17) is 4.74 Å². The van der Waals surface area contributed by atoms with E-state index in [1.165, 1.54) is 17.5 Å². The van der Waals surface area contributed by atoms with Gasteiger partial charge < -0.3 is 10.1 Å². The fourth-order valence-electron chi connectivity index (χ4n) is 2.30. The van der Waals surface area contributed by atoms with Crippen molar-refractivity contribution in [3.8, 4) is 5.75 Å². The first-order chi connectivity index (χ1) is 9.81. The van der Waals surface area contributed by atoms with Gasteiger partial charge in [0, 0.05) is 12.6 Å². The van der Waals surface area contributed by atoms with Crippen LogP contribution in [-0.4, -0.2) is 6.04 Å². The Morgan fingerprint density at radius 2 is 1.70 bits per heavy atom. The zero-order valence-electron chi connectivity index (χ0n) is 11.9. The molecule has 2 unspecified atom stereocenters. The minimum atomic E-state index is 0.623. The Morgan fingerprint density at radius 3 is 2.35 bits per heavy atom. The Bertz CT molecular complexity index is 535. The van der Waals surface area contributed by atoms with E-state index in [9.17, 15) is 0 Å². The van der Waals surface area contributed by atoms with Gasteiger partial charge in [-0.05, 0) is 35.6 Å². The predicted octanol–water partition coefficient (Wildman–Crippen LogP) is 3.76. The van der Waals surface area contributed by atoms with Crippen molar-refractivity contribution in [3.05, 3.63) is 65.7 Å². The van der Waals surface area contributed by atoms with E-state index in [0.29, 0.717) is 6.61 Å². The van der Waals surface area contributed by atoms with Gasteiger partial charge in [-0.1, -0.05) is 49.4 Å². The molecule has 0 amide bonds. The molecule has 104 valence electrons. The number of nitrogens with one attached hydrogen (secondary N) is 1. The van der Waals surface area contributed by atoms with Gasteiger partial charge in [-0.15, -0.1) is 0 Å². The quantitative estimate of drug-likeness (QED) is 0.860. The molecule has 1 saturated carbocycles. The Hall–Kier alpha value is -1.80. The average Bonchev–Trinajstić information content (AvgIpc) is 3.21. The predicted molar refractivity (Wildman–Crippen MR) is 81.6 cm³/mol. The SMILES string of the molecule is CC1CC1NCc1ccc(OCc2ccccc2)cc1. The van der Waals surface area contributed by atoms with Crippen molar-refractivity contribution >= 4 is 0 Å². The maximum Gasteiger partial charge on any atom is 0.119 e. The van der Waals surface area contributed by atoms with E-state index < -0.39 is 0 Å². The number of hydrogen-bond acceptors (Lipinski definition) is 2. The number of hydrogen-bond donors (Lipinski definition) is 1. The maximum atomic E-state index is 5.78. The van der Waals surface area contributed by atoms with Crippen LogP contribution >= 0.6 is 0 Å². The highest BCUT2D eigenvalue weighted by Crippen LogP contribution is 2.29. The van der Waals surface area contributed by atoms with Gasteiger partial charge in [-0.2, -0.15) is 0 Å². The van der Waals surface area contributed by atoms with Crippen LogP contribution in [0.3, 0.4) is 0 Å². The molecular formula is C18H21NO. The number of benzene rings is 2. The molecule has 2 atom stereocenters. The monoisotopic (exact) mass is 267 g/mol. The maximum absolute atomic E-state index is 5.78. The van der Waals surface area contributed by atoms with Crippen molar-refractivity contribution in [2.45, 2.75) is 32.5 Å². The molecule has 2 aromatic rings. The fraction of sp³-hybridized carbons (Fsp3) is 0.333. The third-order valence-corrected chi connectivity index (χ3v) is 3.85. The summed E-state index contributed by atoms with van der Waals surface area (Å²) >= 11 is 0. The van der Waals surface area contributed by atoms with E-state index in [0.717, 1.165) is 24.3 Å². The van der Waals surface area contributed by atoms with Gasteiger partial charge in [0.05, 0.1) is 0 Å². The first kappa shape index (κ1) is 13.2. The van der Waals surface area contributed by atoms with Gasteiger partial charge in [0.2, 0.25) is 0 Å². The molecule has 2 nitrogen and oxygen atoms in total. The van der Waals surface area contributed by atoms with Crippen LogP contribution in [0.5, 0.6) is 5.75 Å². The lowest BCUT2D eigenvalue weighted by atomic mass is 10.2. The van der Waals surface area contributed by atoms with Crippen molar-refractivity contribution in [3.63, 3.8) is 0 Å². The highest BCUT2D eigenvalue weighted by Gasteiger charge is 2.31. The highest BCUT2D eigenvalue weighted by molar-refractivity contribution is 5.28. The normalized spacial score (nSPS) is 20.6. The number of ether oxygens (including phenoxy) is 1. The lowest BCUT2D eigenvalue weighted by molar-refractivity contribution is 0.306. The average molecular weight is 267 g/mol. The summed E-state index contributed by atoms with van der Waals surface area (Å²) in [6.07, 6.45) is 1.32. The van der Waals surface area contributed by atoms with E-state index in [1.54, 1.807) is 0 Å². The summed E-state index contributed by atoms with van der Waals surface area (Å²) < 4.78 is 5.78. The molecule has 1 fully saturated rings. The molecule has 20 heavy (non-hydrogen) atoms. The lowest BCUT2D eigenvalue weighted by Crippen LogP contribution is -2.16. The second kappa shape index (κ2) is 6.10. The zero-order chi connectivity index (χ0) is 13.8. The zero-order valence-corrected chi connectivity index (χ0v) is 11.9. The van der Waals surface area contributed by atoms with Gasteiger partial charge in [0.1, 0.15) is 12.4 Å². The van der Waals surface area contributed by atoms with E-state index in [2.05, 4.69) is 48.6 Å². The first-order valence-electron chi connectivity index (χ1n) is 7.30. The molecule has 0 heterocycles. The lowest BCUT2D eigenvalue weighted by Gasteiger charge is -2.08. The van der Waals surface area contributed by atoms with Gasteiger partial charge >= 0.3 is 0 Å². The second-order valence-corrected chi connectivity index (χ2v) is 5.62. The summed E-state index contributed by atoms with van der Waals surface area (Å²) in [7, 11) is 0. The molecule has 0 bridgehead atoms. The van der Waals surface area contributed by atoms with E-state index in [1.807, 2.05) is 18.2 Å². The Morgan fingerprint density at radius 1 is 1.00 bits per heavy atom. The Balaban J connectivity index is 1.48. The van der Waals surface area contributed by atoms with E-state index in [-0.39, 0.29) is 0 Å². The summed E-state index contributed by atoms with van der Waals surface area (Å²) in [6.45, 7) is 3.87. The van der Waals surface area contributed by atoms with Crippen LogP contribution in [0.25, 0.3) is 0 Å². The van der Waals surface area contributed by atoms with Crippen LogP contribution in [-0.2, 0) is 13.2 Å². The molecule has 2 heteroatoms. The van der Waals surface area contributed by atoms with Crippen LogP contribution in [0.15, 0.2) is 54.6 Å². The summed E-state index contributed by atoms with van der Waals surface area (Å²) in [4.78, 5) is 0.